The van der Waals surface area contributed by atoms with E-state index in [1.54, 1.807) is 4.90 Å². The second kappa shape index (κ2) is 10.9. The van der Waals surface area contributed by atoms with E-state index < -0.39 is 29.7 Å². The molecule has 210 valence electrons. The number of carbonyl (C=O) groups is 3. The van der Waals surface area contributed by atoms with Crippen molar-refractivity contribution in [3.8, 4) is 0 Å². The molecule has 2 aliphatic heterocycles. The van der Waals surface area contributed by atoms with Gasteiger partial charge in [-0.1, -0.05) is 78.9 Å². The van der Waals surface area contributed by atoms with E-state index in [-0.39, 0.29) is 25.5 Å². The van der Waals surface area contributed by atoms with Crippen LogP contribution in [0.15, 0.2) is 84.9 Å². The quantitative estimate of drug-likeness (QED) is 0.319. The maximum Gasteiger partial charge on any atom is 0.329 e. The second-order valence-corrected chi connectivity index (χ2v) is 11.1. The van der Waals surface area contributed by atoms with Crippen molar-refractivity contribution in [2.24, 2.45) is 0 Å². The van der Waals surface area contributed by atoms with Crippen molar-refractivity contribution in [1.29, 1.82) is 0 Å². The fourth-order valence-electron chi connectivity index (χ4n) is 6.17. The maximum atomic E-state index is 14.1. The van der Waals surface area contributed by atoms with Crippen molar-refractivity contribution >= 4 is 28.7 Å². The van der Waals surface area contributed by atoms with Gasteiger partial charge >= 0.3 is 11.9 Å². The molecule has 3 heterocycles. The molecule has 4 aromatic rings. The molecule has 6 rings (SSSR count). The van der Waals surface area contributed by atoms with Crippen molar-refractivity contribution in [1.82, 2.24) is 14.8 Å². The van der Waals surface area contributed by atoms with Crippen molar-refractivity contribution in [3.63, 3.8) is 0 Å². The number of hydrogen-bond donors (Lipinski definition) is 1. The van der Waals surface area contributed by atoms with Crippen LogP contribution in [0.1, 0.15) is 42.7 Å². The van der Waals surface area contributed by atoms with Gasteiger partial charge in [-0.05, 0) is 43.0 Å². The number of carbonyl (C=O) groups excluding carboxylic acids is 3. The van der Waals surface area contributed by atoms with Gasteiger partial charge in [-0.3, -0.25) is 14.5 Å². The Morgan fingerprint density at radius 3 is 2.20 bits per heavy atom. The molecule has 0 saturated carbocycles. The molecule has 1 aromatic heterocycles. The molecule has 8 nitrogen and oxygen atoms in total. The normalized spacial score (nSPS) is 18.5. The number of aromatic amines is 1. The second-order valence-electron chi connectivity index (χ2n) is 11.1. The molecule has 1 N–H and O–H groups in total. The Morgan fingerprint density at radius 2 is 1.51 bits per heavy atom. The van der Waals surface area contributed by atoms with E-state index in [1.165, 1.54) is 0 Å². The molecule has 1 amide bonds. The summed E-state index contributed by atoms with van der Waals surface area (Å²) in [6.07, 6.45) is 0.215. The summed E-state index contributed by atoms with van der Waals surface area (Å²) in [5.41, 5.74) is 4.04. The van der Waals surface area contributed by atoms with Gasteiger partial charge in [0.15, 0.2) is 0 Å². The van der Waals surface area contributed by atoms with Gasteiger partial charge in [-0.25, -0.2) is 4.79 Å². The van der Waals surface area contributed by atoms with E-state index in [4.69, 9.17) is 9.47 Å². The summed E-state index contributed by atoms with van der Waals surface area (Å²) in [5, 5.41) is 1.11. The van der Waals surface area contributed by atoms with Crippen LogP contribution in [-0.4, -0.2) is 50.4 Å². The molecule has 1 saturated heterocycles. The third-order valence-electron chi connectivity index (χ3n) is 8.23. The number of aromatic nitrogens is 1. The summed E-state index contributed by atoms with van der Waals surface area (Å²) >= 11 is 0. The molecular weight excluding hydrogens is 518 g/mol. The number of benzene rings is 3. The van der Waals surface area contributed by atoms with Crippen molar-refractivity contribution < 1.29 is 23.9 Å². The Balaban J connectivity index is 1.26. The van der Waals surface area contributed by atoms with E-state index in [0.29, 0.717) is 13.0 Å². The van der Waals surface area contributed by atoms with Crippen molar-refractivity contribution in [3.05, 3.63) is 107 Å². The van der Waals surface area contributed by atoms with Crippen LogP contribution < -0.4 is 0 Å². The highest BCUT2D eigenvalue weighted by Gasteiger charge is 2.57. The minimum Gasteiger partial charge on any atom is -0.461 e. The van der Waals surface area contributed by atoms with Gasteiger partial charge in [0.2, 0.25) is 5.91 Å². The number of para-hydroxylation sites is 1. The number of fused-ring (bicyclic) bond motifs is 4. The van der Waals surface area contributed by atoms with E-state index >= 15 is 0 Å². The van der Waals surface area contributed by atoms with Crippen LogP contribution in [0.2, 0.25) is 0 Å². The minimum absolute atomic E-state index is 0.0430. The summed E-state index contributed by atoms with van der Waals surface area (Å²) in [6, 6.07) is 25.2. The highest BCUT2D eigenvalue weighted by molar-refractivity contribution is 5.94. The molecule has 2 aliphatic rings. The zero-order chi connectivity index (χ0) is 28.6. The summed E-state index contributed by atoms with van der Waals surface area (Å²) in [6.45, 7) is 4.49. The lowest BCUT2D eigenvalue weighted by Gasteiger charge is -2.42. The predicted molar refractivity (Wildman–Crippen MR) is 153 cm³/mol. The number of nitrogens with zero attached hydrogens (tertiary/aromatic N) is 2. The van der Waals surface area contributed by atoms with Crippen LogP contribution >= 0.6 is 0 Å². The molecule has 2 atom stereocenters. The number of ether oxygens (including phenoxy) is 2. The summed E-state index contributed by atoms with van der Waals surface area (Å²) in [7, 11) is 0. The number of rotatable bonds is 8. The first kappa shape index (κ1) is 26.8. The van der Waals surface area contributed by atoms with E-state index in [1.807, 2.05) is 92.7 Å². The van der Waals surface area contributed by atoms with Crippen LogP contribution in [0.3, 0.4) is 0 Å². The van der Waals surface area contributed by atoms with E-state index in [0.717, 1.165) is 33.3 Å². The predicted octanol–water partition coefficient (Wildman–Crippen LogP) is 4.72. The largest absolute Gasteiger partial charge is 0.461 e. The fraction of sp³-hybridized carbons (Fsp3) is 0.303. The molecule has 1 fully saturated rings. The maximum absolute atomic E-state index is 14.1. The van der Waals surface area contributed by atoms with Gasteiger partial charge in [0.05, 0.1) is 18.1 Å². The number of hydrogen-bond acceptors (Lipinski definition) is 6. The molecule has 0 bridgehead atoms. The molecule has 0 aliphatic carbocycles. The first-order valence-electron chi connectivity index (χ1n) is 13.9. The summed E-state index contributed by atoms with van der Waals surface area (Å²) < 4.78 is 11.2. The van der Waals surface area contributed by atoms with Gasteiger partial charge in [0.25, 0.3) is 0 Å². The highest BCUT2D eigenvalue weighted by atomic mass is 16.5. The molecule has 8 heteroatoms. The topological polar surface area (TPSA) is 91.9 Å². The minimum atomic E-state index is -1.13. The summed E-state index contributed by atoms with van der Waals surface area (Å²) in [4.78, 5) is 48.0. The number of esters is 2. The number of amides is 1. The van der Waals surface area contributed by atoms with E-state index in [2.05, 4.69) is 16.0 Å². The molecule has 0 unspecified atom stereocenters. The van der Waals surface area contributed by atoms with Crippen LogP contribution in [0.4, 0.5) is 0 Å². The lowest BCUT2D eigenvalue weighted by molar-refractivity contribution is -0.164. The molecule has 0 spiro atoms. The Labute approximate surface area is 238 Å². The third kappa shape index (κ3) is 5.11. The molecule has 0 radical (unpaired) electrons. The van der Waals surface area contributed by atoms with Crippen LogP contribution in [0.25, 0.3) is 10.9 Å². The third-order valence-corrected chi connectivity index (χ3v) is 8.23. The average molecular weight is 552 g/mol. The standard InChI is InChI=1S/C33H33N3O5/c1-33(2)35-19-27-25(24-15-9-10-16-26(24)34-27)17-28(35)31(38)36(33)29(32(39)41-21-23-13-7-4-8-14-23)18-30(37)40-20-22-11-5-3-6-12-22/h3-16,28-29,34H,17-21H2,1-2H3/t28-,29-/m0/s1. The first-order valence-corrected chi connectivity index (χ1v) is 13.9. The van der Waals surface area contributed by atoms with Crippen LogP contribution in [-0.2, 0) is 50.0 Å². The van der Waals surface area contributed by atoms with Crippen LogP contribution in [0.5, 0.6) is 0 Å². The summed E-state index contributed by atoms with van der Waals surface area (Å²) in [5.74, 6) is -1.39. The van der Waals surface area contributed by atoms with E-state index in [9.17, 15) is 14.4 Å². The Morgan fingerprint density at radius 1 is 0.902 bits per heavy atom. The van der Waals surface area contributed by atoms with Gasteiger partial charge in [-0.2, -0.15) is 0 Å². The van der Waals surface area contributed by atoms with Gasteiger partial charge < -0.3 is 19.4 Å². The Bertz CT molecular complexity index is 1580. The number of H-pyrrole nitrogens is 1. The zero-order valence-corrected chi connectivity index (χ0v) is 23.2. The molecule has 3 aromatic carbocycles. The smallest absolute Gasteiger partial charge is 0.329 e. The fourth-order valence-corrected chi connectivity index (χ4v) is 6.17. The Hall–Kier alpha value is -4.43. The lowest BCUT2D eigenvalue weighted by atomic mass is 9.96. The first-order chi connectivity index (χ1) is 19.8. The SMILES string of the molecule is CC1(C)N2Cc3[nH]c4ccccc4c3C[C@H]2C(=O)N1[C@@H](CC(=O)OCc1ccccc1)C(=O)OCc1ccccc1. The average Bonchev–Trinajstić information content (AvgIpc) is 3.45. The van der Waals surface area contributed by atoms with Crippen LogP contribution in [0, 0.1) is 0 Å². The lowest BCUT2D eigenvalue weighted by Crippen LogP contribution is -2.56. The molecule has 41 heavy (non-hydrogen) atoms. The van der Waals surface area contributed by atoms with Gasteiger partial charge in [-0.15, -0.1) is 0 Å². The van der Waals surface area contributed by atoms with Crippen molar-refractivity contribution in [2.45, 2.75) is 64.2 Å². The Kier molecular flexibility index (Phi) is 7.09. The van der Waals surface area contributed by atoms with Crippen molar-refractivity contribution in [2.75, 3.05) is 0 Å². The highest BCUT2D eigenvalue weighted by Crippen LogP contribution is 2.42. The molecular formula is C33H33N3O5. The van der Waals surface area contributed by atoms with Gasteiger partial charge in [0, 0.05) is 23.1 Å². The zero-order valence-electron chi connectivity index (χ0n) is 23.2. The van der Waals surface area contributed by atoms with Gasteiger partial charge in [0.1, 0.15) is 19.3 Å². The number of nitrogens with one attached hydrogen (secondary N) is 1. The monoisotopic (exact) mass is 551 g/mol.